The van der Waals surface area contributed by atoms with Gasteiger partial charge in [-0.1, -0.05) is 22.9 Å². The van der Waals surface area contributed by atoms with Crippen LogP contribution in [-0.2, 0) is 0 Å². The van der Waals surface area contributed by atoms with Gasteiger partial charge in [0.25, 0.3) is 0 Å². The third kappa shape index (κ3) is 4.21. The number of nitrogens with one attached hydrogen (secondary N) is 1. The van der Waals surface area contributed by atoms with Crippen molar-refractivity contribution in [2.45, 2.75) is 13.3 Å². The first kappa shape index (κ1) is 13.0. The first-order valence-electron chi connectivity index (χ1n) is 5.31. The second kappa shape index (κ2) is 7.26. The normalized spacial score (nSPS) is 9.81. The fraction of sp³-hybridized carbons (Fsp3) is 0.417. The zero-order valence-electron chi connectivity index (χ0n) is 9.29. The van der Waals surface area contributed by atoms with Crippen LogP contribution in [0, 0.1) is 11.3 Å². The Balaban J connectivity index is 2.45. The number of rotatable bonds is 6. The van der Waals surface area contributed by atoms with Gasteiger partial charge in [0, 0.05) is 11.0 Å². The summed E-state index contributed by atoms with van der Waals surface area (Å²) in [5.74, 6) is 0.643. The van der Waals surface area contributed by atoms with E-state index < -0.39 is 0 Å². The van der Waals surface area contributed by atoms with Gasteiger partial charge in [-0.2, -0.15) is 5.26 Å². The Morgan fingerprint density at radius 2 is 2.25 bits per heavy atom. The largest absolute Gasteiger partial charge is 0.491 e. The molecule has 0 aliphatic heterocycles. The minimum Gasteiger partial charge on any atom is -0.491 e. The molecule has 0 fully saturated rings. The quantitative estimate of drug-likeness (QED) is 0.816. The smallest absolute Gasteiger partial charge is 0.137 e. The van der Waals surface area contributed by atoms with Gasteiger partial charge < -0.3 is 10.1 Å². The molecule has 86 valence electrons. The lowest BCUT2D eigenvalue weighted by atomic mass is 10.2. The van der Waals surface area contributed by atoms with Gasteiger partial charge >= 0.3 is 0 Å². The molecule has 1 aromatic carbocycles. The molecule has 0 radical (unpaired) electrons. The zero-order valence-corrected chi connectivity index (χ0v) is 10.9. The molecule has 0 aromatic heterocycles. The summed E-state index contributed by atoms with van der Waals surface area (Å²) >= 11 is 3.32. The highest BCUT2D eigenvalue weighted by Gasteiger charge is 2.03. The molecular weight excluding hydrogens is 268 g/mol. The Hall–Kier alpha value is -1.05. The Morgan fingerprint density at radius 1 is 1.44 bits per heavy atom. The minimum absolute atomic E-state index is 0.560. The van der Waals surface area contributed by atoms with Crippen molar-refractivity contribution in [2.75, 3.05) is 19.7 Å². The Kier molecular flexibility index (Phi) is 5.91. The molecular formula is C12H15BrN2O. The van der Waals surface area contributed by atoms with E-state index in [9.17, 15) is 0 Å². The van der Waals surface area contributed by atoms with Crippen LogP contribution < -0.4 is 10.1 Å². The summed E-state index contributed by atoms with van der Waals surface area (Å²) < 4.78 is 6.41. The second-order valence-electron chi connectivity index (χ2n) is 3.35. The average Bonchev–Trinajstić information content (AvgIpc) is 2.30. The van der Waals surface area contributed by atoms with Crippen molar-refractivity contribution < 1.29 is 4.74 Å². The summed E-state index contributed by atoms with van der Waals surface area (Å²) in [6.45, 7) is 4.50. The van der Waals surface area contributed by atoms with Crippen LogP contribution in [0.25, 0.3) is 0 Å². The fourth-order valence-electron chi connectivity index (χ4n) is 1.25. The number of benzene rings is 1. The molecule has 0 atom stereocenters. The number of ether oxygens (including phenoxy) is 1. The number of hydrogen-bond acceptors (Lipinski definition) is 3. The standard InChI is InChI=1S/C12H15BrN2O/c1-2-5-15-6-7-16-12-4-3-11(13)8-10(12)9-14/h3-4,8,15H,2,5-7H2,1H3. The van der Waals surface area contributed by atoms with E-state index in [0.29, 0.717) is 17.9 Å². The highest BCUT2D eigenvalue weighted by atomic mass is 79.9. The molecule has 0 spiro atoms. The predicted molar refractivity (Wildman–Crippen MR) is 67.5 cm³/mol. The third-order valence-corrected chi connectivity index (χ3v) is 2.52. The van der Waals surface area contributed by atoms with Gasteiger partial charge in [0.15, 0.2) is 0 Å². The molecule has 3 nitrogen and oxygen atoms in total. The molecule has 1 N–H and O–H groups in total. The molecule has 0 aliphatic rings. The van der Waals surface area contributed by atoms with Gasteiger partial charge in [0.2, 0.25) is 0 Å². The number of nitriles is 1. The van der Waals surface area contributed by atoms with Crippen molar-refractivity contribution in [3.63, 3.8) is 0 Å². The number of nitrogens with zero attached hydrogens (tertiary/aromatic N) is 1. The van der Waals surface area contributed by atoms with E-state index in [0.717, 1.165) is 24.0 Å². The minimum atomic E-state index is 0.560. The van der Waals surface area contributed by atoms with Crippen molar-refractivity contribution in [1.29, 1.82) is 5.26 Å². The van der Waals surface area contributed by atoms with Crippen LogP contribution in [0.4, 0.5) is 0 Å². The SMILES string of the molecule is CCCNCCOc1ccc(Br)cc1C#N. The summed E-state index contributed by atoms with van der Waals surface area (Å²) in [7, 11) is 0. The number of hydrogen-bond donors (Lipinski definition) is 1. The van der Waals surface area contributed by atoms with Gasteiger partial charge in [-0.25, -0.2) is 0 Å². The van der Waals surface area contributed by atoms with E-state index in [1.807, 2.05) is 12.1 Å². The Morgan fingerprint density at radius 3 is 2.94 bits per heavy atom. The average molecular weight is 283 g/mol. The molecule has 1 rings (SSSR count). The molecule has 0 bridgehead atoms. The molecule has 1 aromatic rings. The topological polar surface area (TPSA) is 45.0 Å². The lowest BCUT2D eigenvalue weighted by Crippen LogP contribution is -2.21. The predicted octanol–water partition coefficient (Wildman–Crippen LogP) is 2.70. The molecule has 0 amide bonds. The maximum atomic E-state index is 8.92. The molecule has 0 heterocycles. The van der Waals surface area contributed by atoms with Crippen LogP contribution in [0.1, 0.15) is 18.9 Å². The van der Waals surface area contributed by atoms with E-state index in [-0.39, 0.29) is 0 Å². The summed E-state index contributed by atoms with van der Waals surface area (Å²) in [5.41, 5.74) is 0.560. The third-order valence-electron chi connectivity index (χ3n) is 2.03. The van der Waals surface area contributed by atoms with Crippen LogP contribution in [-0.4, -0.2) is 19.7 Å². The Bertz CT molecular complexity index is 374. The van der Waals surface area contributed by atoms with E-state index in [2.05, 4.69) is 34.2 Å². The van der Waals surface area contributed by atoms with Crippen molar-refractivity contribution in [3.05, 3.63) is 28.2 Å². The summed E-state index contributed by atoms with van der Waals surface area (Å²) in [5, 5.41) is 12.2. The molecule has 0 unspecified atom stereocenters. The Labute approximate surface area is 105 Å². The van der Waals surface area contributed by atoms with Gasteiger partial charge in [-0.3, -0.25) is 0 Å². The van der Waals surface area contributed by atoms with Gasteiger partial charge in [-0.05, 0) is 31.2 Å². The van der Waals surface area contributed by atoms with Crippen LogP contribution >= 0.6 is 15.9 Å². The van der Waals surface area contributed by atoms with E-state index >= 15 is 0 Å². The van der Waals surface area contributed by atoms with Crippen LogP contribution in [0.2, 0.25) is 0 Å². The fourth-order valence-corrected chi connectivity index (χ4v) is 1.61. The van der Waals surface area contributed by atoms with Crippen molar-refractivity contribution in [2.24, 2.45) is 0 Å². The first-order chi connectivity index (χ1) is 7.77. The van der Waals surface area contributed by atoms with Crippen LogP contribution in [0.3, 0.4) is 0 Å². The summed E-state index contributed by atoms with van der Waals surface area (Å²) in [6.07, 6.45) is 1.11. The highest BCUT2D eigenvalue weighted by Crippen LogP contribution is 2.22. The lowest BCUT2D eigenvalue weighted by molar-refractivity contribution is 0.313. The molecule has 16 heavy (non-hydrogen) atoms. The van der Waals surface area contributed by atoms with Gasteiger partial charge in [0.05, 0.1) is 5.56 Å². The van der Waals surface area contributed by atoms with Crippen LogP contribution in [0.15, 0.2) is 22.7 Å². The first-order valence-corrected chi connectivity index (χ1v) is 6.10. The van der Waals surface area contributed by atoms with Crippen molar-refractivity contribution in [3.8, 4) is 11.8 Å². The highest BCUT2D eigenvalue weighted by molar-refractivity contribution is 9.10. The molecule has 0 saturated carbocycles. The van der Waals surface area contributed by atoms with E-state index in [1.165, 1.54) is 0 Å². The summed E-state index contributed by atoms with van der Waals surface area (Å²) in [4.78, 5) is 0. The van der Waals surface area contributed by atoms with E-state index in [1.54, 1.807) is 6.07 Å². The number of halogens is 1. The van der Waals surface area contributed by atoms with Gasteiger partial charge in [-0.15, -0.1) is 0 Å². The second-order valence-corrected chi connectivity index (χ2v) is 4.27. The summed E-state index contributed by atoms with van der Waals surface area (Å²) in [6, 6.07) is 7.55. The monoisotopic (exact) mass is 282 g/mol. The zero-order chi connectivity index (χ0) is 11.8. The van der Waals surface area contributed by atoms with Crippen molar-refractivity contribution >= 4 is 15.9 Å². The maximum Gasteiger partial charge on any atom is 0.137 e. The van der Waals surface area contributed by atoms with E-state index in [4.69, 9.17) is 10.00 Å². The van der Waals surface area contributed by atoms with Crippen LogP contribution in [0.5, 0.6) is 5.75 Å². The molecule has 0 aliphatic carbocycles. The maximum absolute atomic E-state index is 8.92. The lowest BCUT2D eigenvalue weighted by Gasteiger charge is -2.08. The van der Waals surface area contributed by atoms with Crippen molar-refractivity contribution in [1.82, 2.24) is 5.32 Å². The molecule has 0 saturated heterocycles. The van der Waals surface area contributed by atoms with Gasteiger partial charge in [0.1, 0.15) is 18.4 Å². The molecule has 4 heteroatoms.